The van der Waals surface area contributed by atoms with Crippen LogP contribution in [0.1, 0.15) is 6.92 Å². The zero-order valence-electron chi connectivity index (χ0n) is 7.56. The van der Waals surface area contributed by atoms with Crippen molar-refractivity contribution in [2.24, 2.45) is 5.92 Å². The number of nitrogen functional groups attached to an aromatic ring is 1. The zero-order valence-corrected chi connectivity index (χ0v) is 8.38. The van der Waals surface area contributed by atoms with Crippen molar-refractivity contribution in [2.45, 2.75) is 6.92 Å². The van der Waals surface area contributed by atoms with E-state index in [2.05, 4.69) is 15.4 Å². The first-order valence-corrected chi connectivity index (χ1v) is 4.60. The van der Waals surface area contributed by atoms with Crippen LogP contribution in [0.3, 0.4) is 0 Å². The number of hydrogen-bond acceptors (Lipinski definition) is 6. The molecule has 1 atom stereocenters. The molecule has 13 heavy (non-hydrogen) atoms. The molecule has 0 fully saturated rings. The van der Waals surface area contributed by atoms with Crippen LogP contribution >= 0.6 is 11.5 Å². The fourth-order valence-corrected chi connectivity index (χ4v) is 1.48. The molecular weight excluding hydrogens is 186 g/mol. The van der Waals surface area contributed by atoms with E-state index in [1.54, 1.807) is 0 Å². The number of rotatable bonds is 3. The highest BCUT2D eigenvalue weighted by Crippen LogP contribution is 2.17. The van der Waals surface area contributed by atoms with E-state index in [4.69, 9.17) is 11.0 Å². The van der Waals surface area contributed by atoms with Gasteiger partial charge >= 0.3 is 0 Å². The Hall–Kier alpha value is -1.35. The average molecular weight is 197 g/mol. The predicted molar refractivity (Wildman–Crippen MR) is 52.4 cm³/mol. The molecule has 1 unspecified atom stereocenters. The van der Waals surface area contributed by atoms with Gasteiger partial charge in [0.25, 0.3) is 0 Å². The van der Waals surface area contributed by atoms with Crippen molar-refractivity contribution in [3.8, 4) is 6.07 Å². The van der Waals surface area contributed by atoms with Crippen LogP contribution < -0.4 is 10.6 Å². The normalized spacial score (nSPS) is 12.1. The summed E-state index contributed by atoms with van der Waals surface area (Å²) in [7, 11) is 1.87. The number of anilines is 2. The van der Waals surface area contributed by atoms with Gasteiger partial charge in [-0.2, -0.15) is 14.6 Å². The summed E-state index contributed by atoms with van der Waals surface area (Å²) >= 11 is 1.24. The second kappa shape index (κ2) is 4.05. The fourth-order valence-electron chi connectivity index (χ4n) is 0.911. The first-order valence-electron chi connectivity index (χ1n) is 3.83. The molecule has 2 N–H and O–H groups in total. The van der Waals surface area contributed by atoms with E-state index in [-0.39, 0.29) is 11.9 Å². The van der Waals surface area contributed by atoms with Gasteiger partial charge in [-0.3, -0.25) is 0 Å². The lowest BCUT2D eigenvalue weighted by Crippen LogP contribution is -2.22. The van der Waals surface area contributed by atoms with Gasteiger partial charge in [0, 0.05) is 25.1 Å². The summed E-state index contributed by atoms with van der Waals surface area (Å²) in [5.74, 6) is 0.270. The van der Waals surface area contributed by atoms with Crippen molar-refractivity contribution in [1.29, 1.82) is 5.26 Å². The monoisotopic (exact) mass is 197 g/mol. The van der Waals surface area contributed by atoms with Gasteiger partial charge in [0.15, 0.2) is 0 Å². The number of hydrogen-bond donors (Lipinski definition) is 1. The van der Waals surface area contributed by atoms with Gasteiger partial charge in [0.2, 0.25) is 11.1 Å². The molecule has 0 aromatic carbocycles. The molecule has 6 heteroatoms. The van der Waals surface area contributed by atoms with E-state index in [9.17, 15) is 0 Å². The summed E-state index contributed by atoms with van der Waals surface area (Å²) in [5.41, 5.74) is 5.38. The summed E-state index contributed by atoms with van der Waals surface area (Å²) in [4.78, 5) is 5.88. The van der Waals surface area contributed by atoms with Crippen molar-refractivity contribution in [2.75, 3.05) is 24.2 Å². The molecule has 0 amide bonds. The fraction of sp³-hybridized carbons (Fsp3) is 0.571. The quantitative estimate of drug-likeness (QED) is 0.772. The summed E-state index contributed by atoms with van der Waals surface area (Å²) in [5, 5.41) is 9.35. The second-order valence-electron chi connectivity index (χ2n) is 2.85. The summed E-state index contributed by atoms with van der Waals surface area (Å²) < 4.78 is 3.85. The highest BCUT2D eigenvalue weighted by Gasteiger charge is 2.09. The van der Waals surface area contributed by atoms with Gasteiger partial charge in [-0.25, -0.2) is 0 Å². The predicted octanol–water partition coefficient (Wildman–Crippen LogP) is 0.716. The van der Waals surface area contributed by atoms with E-state index in [0.29, 0.717) is 6.54 Å². The maximum absolute atomic E-state index is 8.60. The van der Waals surface area contributed by atoms with Crippen molar-refractivity contribution < 1.29 is 0 Å². The molecule has 1 aromatic rings. The smallest absolute Gasteiger partial charge is 0.233 e. The molecule has 0 bridgehead atoms. The molecule has 5 nitrogen and oxygen atoms in total. The Balaban J connectivity index is 2.59. The Morgan fingerprint density at radius 2 is 2.46 bits per heavy atom. The third-order valence-electron chi connectivity index (χ3n) is 1.53. The van der Waals surface area contributed by atoms with Gasteiger partial charge in [-0.15, -0.1) is 0 Å². The lowest BCUT2D eigenvalue weighted by molar-refractivity contribution is 0.715. The van der Waals surface area contributed by atoms with Crippen LogP contribution in [0, 0.1) is 17.2 Å². The maximum Gasteiger partial charge on any atom is 0.233 e. The molecule has 1 aromatic heterocycles. The molecule has 0 saturated heterocycles. The van der Waals surface area contributed by atoms with E-state index >= 15 is 0 Å². The van der Waals surface area contributed by atoms with E-state index in [1.807, 2.05) is 18.9 Å². The first kappa shape index (κ1) is 9.74. The third-order valence-corrected chi connectivity index (χ3v) is 2.37. The molecule has 1 heterocycles. The minimum atomic E-state index is -0.0184. The average Bonchev–Trinajstić information content (AvgIpc) is 2.51. The summed E-state index contributed by atoms with van der Waals surface area (Å²) in [6.45, 7) is 2.51. The standard InChI is InChI=1S/C7H11N5S/c1-5(3-8)4-12(2)7-10-6(9)11-13-7/h5H,4H2,1-2H3,(H2,9,11). The van der Waals surface area contributed by atoms with Crippen molar-refractivity contribution in [3.05, 3.63) is 0 Å². The second-order valence-corrected chi connectivity index (χ2v) is 3.58. The highest BCUT2D eigenvalue weighted by molar-refractivity contribution is 7.09. The van der Waals surface area contributed by atoms with Gasteiger partial charge in [0.1, 0.15) is 0 Å². The Bertz CT molecular complexity index is 315. The third kappa shape index (κ3) is 2.56. The number of nitriles is 1. The topological polar surface area (TPSA) is 78.8 Å². The van der Waals surface area contributed by atoms with E-state index in [1.165, 1.54) is 11.5 Å². The molecular formula is C7H11N5S. The van der Waals surface area contributed by atoms with Gasteiger partial charge in [0.05, 0.1) is 12.0 Å². The van der Waals surface area contributed by atoms with Crippen LogP contribution in [-0.2, 0) is 0 Å². The Labute approximate surface area is 81.0 Å². The molecule has 1 rings (SSSR count). The lowest BCUT2D eigenvalue weighted by Gasteiger charge is -2.15. The van der Waals surface area contributed by atoms with Gasteiger partial charge in [-0.05, 0) is 6.92 Å². The SMILES string of the molecule is CC(C#N)CN(C)c1nc(N)ns1. The molecule has 0 spiro atoms. The minimum Gasteiger partial charge on any atom is -0.367 e. The highest BCUT2D eigenvalue weighted by atomic mass is 32.1. The molecule has 0 saturated carbocycles. The van der Waals surface area contributed by atoms with Crippen LogP contribution in [0.25, 0.3) is 0 Å². The Morgan fingerprint density at radius 1 is 1.77 bits per heavy atom. The van der Waals surface area contributed by atoms with Crippen molar-refractivity contribution in [3.63, 3.8) is 0 Å². The summed E-state index contributed by atoms with van der Waals surface area (Å²) in [6.07, 6.45) is 0. The van der Waals surface area contributed by atoms with Crippen LogP contribution in [-0.4, -0.2) is 22.9 Å². The zero-order chi connectivity index (χ0) is 9.84. The van der Waals surface area contributed by atoms with Crippen LogP contribution in [0.2, 0.25) is 0 Å². The Morgan fingerprint density at radius 3 is 2.92 bits per heavy atom. The Kier molecular flexibility index (Phi) is 3.03. The van der Waals surface area contributed by atoms with E-state index in [0.717, 1.165) is 5.13 Å². The molecule has 0 aliphatic heterocycles. The number of nitrogens with two attached hydrogens (primary N) is 1. The van der Waals surface area contributed by atoms with Crippen LogP contribution in [0.5, 0.6) is 0 Å². The van der Waals surface area contributed by atoms with E-state index < -0.39 is 0 Å². The maximum atomic E-state index is 8.60. The molecule has 0 aliphatic carbocycles. The van der Waals surface area contributed by atoms with Crippen LogP contribution in [0.15, 0.2) is 0 Å². The number of aromatic nitrogens is 2. The van der Waals surface area contributed by atoms with Crippen molar-refractivity contribution in [1.82, 2.24) is 9.36 Å². The van der Waals surface area contributed by atoms with Crippen LogP contribution in [0.4, 0.5) is 11.1 Å². The number of nitrogens with zero attached hydrogens (tertiary/aromatic N) is 4. The molecule has 70 valence electrons. The van der Waals surface area contributed by atoms with Crippen molar-refractivity contribution >= 4 is 22.6 Å². The molecule has 0 aliphatic rings. The minimum absolute atomic E-state index is 0.0184. The summed E-state index contributed by atoms with van der Waals surface area (Å²) in [6, 6.07) is 2.16. The first-order chi connectivity index (χ1) is 6.13. The van der Waals surface area contributed by atoms with Gasteiger partial charge < -0.3 is 10.6 Å². The van der Waals surface area contributed by atoms with Gasteiger partial charge in [-0.1, -0.05) is 0 Å². The largest absolute Gasteiger partial charge is 0.367 e. The molecule has 0 radical (unpaired) electrons. The lowest BCUT2D eigenvalue weighted by atomic mass is 10.2.